The van der Waals surface area contributed by atoms with Gasteiger partial charge in [-0.05, 0) is 6.07 Å². The maximum absolute atomic E-state index is 11.9. The molecule has 0 bridgehead atoms. The molecule has 1 unspecified atom stereocenters. The molecule has 98 valence electrons. The molecule has 0 radical (unpaired) electrons. The zero-order valence-corrected chi connectivity index (χ0v) is 10.8. The first kappa shape index (κ1) is 11.9. The van der Waals surface area contributed by atoms with Gasteiger partial charge >= 0.3 is 6.03 Å². The fourth-order valence-electron chi connectivity index (χ4n) is 2.02. The van der Waals surface area contributed by atoms with Crippen molar-refractivity contribution in [2.75, 3.05) is 11.9 Å². The molecule has 0 saturated carbocycles. The quantitative estimate of drug-likeness (QED) is 0.881. The molecule has 2 N–H and O–H groups in total. The van der Waals surface area contributed by atoms with Gasteiger partial charge in [0.2, 0.25) is 0 Å². The van der Waals surface area contributed by atoms with Crippen LogP contribution in [0.1, 0.15) is 18.0 Å². The SMILES string of the molecule is O=C(Nc1cnns1)NC1CCOc2ccccc21. The minimum absolute atomic E-state index is 0.0363. The van der Waals surface area contributed by atoms with Crippen molar-refractivity contribution >= 4 is 22.6 Å². The second-order valence-electron chi connectivity index (χ2n) is 4.11. The van der Waals surface area contributed by atoms with Gasteiger partial charge in [0.05, 0.1) is 18.8 Å². The maximum Gasteiger partial charge on any atom is 0.320 e. The maximum atomic E-state index is 11.9. The Hall–Kier alpha value is -2.15. The van der Waals surface area contributed by atoms with E-state index in [4.69, 9.17) is 4.74 Å². The summed E-state index contributed by atoms with van der Waals surface area (Å²) in [6, 6.07) is 7.44. The number of nitrogens with one attached hydrogen (secondary N) is 2. The number of amides is 2. The van der Waals surface area contributed by atoms with Crippen LogP contribution in [0.5, 0.6) is 5.75 Å². The predicted octanol–water partition coefficient (Wildman–Crippen LogP) is 2.18. The highest BCUT2D eigenvalue weighted by molar-refractivity contribution is 7.10. The van der Waals surface area contributed by atoms with Gasteiger partial charge < -0.3 is 10.1 Å². The molecular formula is C12H12N4O2S. The zero-order chi connectivity index (χ0) is 13.1. The smallest absolute Gasteiger partial charge is 0.320 e. The molecule has 2 heterocycles. The van der Waals surface area contributed by atoms with E-state index in [-0.39, 0.29) is 12.1 Å². The number of benzene rings is 1. The first-order valence-electron chi connectivity index (χ1n) is 5.89. The van der Waals surface area contributed by atoms with E-state index in [1.54, 1.807) is 0 Å². The van der Waals surface area contributed by atoms with Gasteiger partial charge in [0.15, 0.2) is 0 Å². The monoisotopic (exact) mass is 276 g/mol. The summed E-state index contributed by atoms with van der Waals surface area (Å²) < 4.78 is 9.24. The van der Waals surface area contributed by atoms with E-state index in [1.807, 2.05) is 24.3 Å². The number of rotatable bonds is 2. The molecule has 1 aliphatic rings. The third-order valence-corrected chi connectivity index (χ3v) is 3.44. The number of carbonyl (C=O) groups excluding carboxylic acids is 1. The van der Waals surface area contributed by atoms with Crippen LogP contribution in [0.4, 0.5) is 9.80 Å². The summed E-state index contributed by atoms with van der Waals surface area (Å²) in [6.07, 6.45) is 2.27. The minimum atomic E-state index is -0.257. The van der Waals surface area contributed by atoms with Crippen molar-refractivity contribution in [1.29, 1.82) is 0 Å². The standard InChI is InChI=1S/C12H12N4O2S/c17-12(15-11-7-13-16-19-11)14-9-5-6-18-10-4-2-1-3-8(9)10/h1-4,7,9H,5-6H2,(H2,14,15,17). The molecule has 1 aromatic heterocycles. The second kappa shape index (κ2) is 5.23. The summed E-state index contributed by atoms with van der Waals surface area (Å²) in [6.45, 7) is 0.601. The third-order valence-electron chi connectivity index (χ3n) is 2.86. The van der Waals surface area contributed by atoms with Gasteiger partial charge in [0.1, 0.15) is 10.8 Å². The molecule has 2 aromatic rings. The number of para-hydroxylation sites is 1. The van der Waals surface area contributed by atoms with E-state index in [9.17, 15) is 4.79 Å². The zero-order valence-electron chi connectivity index (χ0n) is 10.00. The highest BCUT2D eigenvalue weighted by Crippen LogP contribution is 2.31. The number of hydrogen-bond donors (Lipinski definition) is 2. The van der Waals surface area contributed by atoms with E-state index in [0.29, 0.717) is 11.6 Å². The van der Waals surface area contributed by atoms with Crippen LogP contribution in [-0.4, -0.2) is 22.2 Å². The molecule has 0 spiro atoms. The fraction of sp³-hybridized carbons (Fsp3) is 0.250. The average molecular weight is 276 g/mol. The van der Waals surface area contributed by atoms with Gasteiger partial charge in [0, 0.05) is 23.5 Å². The van der Waals surface area contributed by atoms with Crippen LogP contribution in [0, 0.1) is 0 Å². The molecule has 19 heavy (non-hydrogen) atoms. The van der Waals surface area contributed by atoms with Crippen molar-refractivity contribution in [2.45, 2.75) is 12.5 Å². The largest absolute Gasteiger partial charge is 0.493 e. The van der Waals surface area contributed by atoms with Gasteiger partial charge in [0.25, 0.3) is 0 Å². The summed E-state index contributed by atoms with van der Waals surface area (Å²) in [5.74, 6) is 0.832. The highest BCUT2D eigenvalue weighted by Gasteiger charge is 2.22. The normalized spacial score (nSPS) is 17.2. The van der Waals surface area contributed by atoms with Crippen molar-refractivity contribution in [3.05, 3.63) is 36.0 Å². The summed E-state index contributed by atoms with van der Waals surface area (Å²) in [4.78, 5) is 11.9. The van der Waals surface area contributed by atoms with Crippen molar-refractivity contribution in [3.63, 3.8) is 0 Å². The molecule has 6 nitrogen and oxygen atoms in total. The number of carbonyl (C=O) groups is 1. The topological polar surface area (TPSA) is 76.1 Å². The second-order valence-corrected chi connectivity index (χ2v) is 4.89. The van der Waals surface area contributed by atoms with Gasteiger partial charge in [-0.15, -0.1) is 5.10 Å². The van der Waals surface area contributed by atoms with Crippen LogP contribution in [0.15, 0.2) is 30.5 Å². The molecule has 1 aromatic carbocycles. The Kier molecular flexibility index (Phi) is 3.28. The number of fused-ring (bicyclic) bond motifs is 1. The van der Waals surface area contributed by atoms with E-state index < -0.39 is 0 Å². The molecule has 0 fully saturated rings. The predicted molar refractivity (Wildman–Crippen MR) is 71.4 cm³/mol. The van der Waals surface area contributed by atoms with E-state index in [2.05, 4.69) is 20.2 Å². The van der Waals surface area contributed by atoms with E-state index in [1.165, 1.54) is 6.20 Å². The Balaban J connectivity index is 1.69. The summed E-state index contributed by atoms with van der Waals surface area (Å²) in [5.41, 5.74) is 1.01. The number of ether oxygens (including phenoxy) is 1. The van der Waals surface area contributed by atoms with Gasteiger partial charge in [-0.1, -0.05) is 22.7 Å². The Labute approximate surface area is 114 Å². The lowest BCUT2D eigenvalue weighted by molar-refractivity contribution is 0.232. The first-order chi connectivity index (χ1) is 9.33. The molecular weight excluding hydrogens is 264 g/mol. The highest BCUT2D eigenvalue weighted by atomic mass is 32.1. The van der Waals surface area contributed by atoms with Crippen molar-refractivity contribution < 1.29 is 9.53 Å². The lowest BCUT2D eigenvalue weighted by Gasteiger charge is -2.26. The lowest BCUT2D eigenvalue weighted by atomic mass is 10.0. The Bertz CT molecular complexity index is 573. The molecule has 1 atom stereocenters. The molecule has 7 heteroatoms. The number of nitrogens with zero attached hydrogens (tertiary/aromatic N) is 2. The summed E-state index contributed by atoms with van der Waals surface area (Å²) in [7, 11) is 0. The Morgan fingerprint density at radius 2 is 2.32 bits per heavy atom. The molecule has 2 amide bonds. The Morgan fingerprint density at radius 1 is 1.42 bits per heavy atom. The molecule has 1 aliphatic heterocycles. The number of urea groups is 1. The van der Waals surface area contributed by atoms with Crippen molar-refractivity contribution in [1.82, 2.24) is 14.9 Å². The number of hydrogen-bond acceptors (Lipinski definition) is 5. The van der Waals surface area contributed by atoms with Crippen LogP contribution in [0.3, 0.4) is 0 Å². The van der Waals surface area contributed by atoms with Gasteiger partial charge in [-0.3, -0.25) is 5.32 Å². The van der Waals surface area contributed by atoms with Crippen LogP contribution in [0.25, 0.3) is 0 Å². The first-order valence-corrected chi connectivity index (χ1v) is 6.67. The van der Waals surface area contributed by atoms with Crippen LogP contribution < -0.4 is 15.4 Å². The van der Waals surface area contributed by atoms with Crippen LogP contribution in [0.2, 0.25) is 0 Å². The van der Waals surface area contributed by atoms with Crippen LogP contribution in [-0.2, 0) is 0 Å². The summed E-state index contributed by atoms with van der Waals surface area (Å²) >= 11 is 1.14. The number of aromatic nitrogens is 2. The van der Waals surface area contributed by atoms with E-state index >= 15 is 0 Å². The molecule has 0 aliphatic carbocycles. The van der Waals surface area contributed by atoms with E-state index in [0.717, 1.165) is 29.3 Å². The molecule has 0 saturated heterocycles. The van der Waals surface area contributed by atoms with Gasteiger partial charge in [-0.25, -0.2) is 4.79 Å². The fourth-order valence-corrected chi connectivity index (χ4v) is 2.44. The Morgan fingerprint density at radius 3 is 3.16 bits per heavy atom. The molecule has 3 rings (SSSR count). The van der Waals surface area contributed by atoms with Gasteiger partial charge in [-0.2, -0.15) is 0 Å². The summed E-state index contributed by atoms with van der Waals surface area (Å²) in [5, 5.41) is 9.92. The lowest BCUT2D eigenvalue weighted by Crippen LogP contribution is -2.35. The minimum Gasteiger partial charge on any atom is -0.493 e. The average Bonchev–Trinajstić information content (AvgIpc) is 2.92. The van der Waals surface area contributed by atoms with Crippen molar-refractivity contribution in [3.8, 4) is 5.75 Å². The van der Waals surface area contributed by atoms with Crippen molar-refractivity contribution in [2.24, 2.45) is 0 Å². The van der Waals surface area contributed by atoms with Crippen LogP contribution >= 0.6 is 11.5 Å². The number of anilines is 1. The third kappa shape index (κ3) is 2.65.